The first-order chi connectivity index (χ1) is 32.3. The van der Waals surface area contributed by atoms with Crippen molar-refractivity contribution in [1.29, 1.82) is 0 Å². The minimum Gasteiger partial charge on any atom is -0.342 e. The number of nitrogens with one attached hydrogen (secondary N) is 2. The van der Waals surface area contributed by atoms with Crippen LogP contribution >= 0.6 is 11.3 Å². The second kappa shape index (κ2) is 24.5. The number of amides is 4. The number of benzene rings is 1. The average Bonchev–Trinajstić information content (AvgIpc) is 4.12. The number of carbonyl (C=O) groups is 4. The first kappa shape index (κ1) is 51.0. The Bertz CT molecular complexity index is 2350. The third-order valence-corrected chi connectivity index (χ3v) is 14.1. The maximum absolute atomic E-state index is 13.8. The number of aryl methyl sites for hydroxylation is 1. The summed E-state index contributed by atoms with van der Waals surface area (Å²) in [7, 11) is 1.59. The zero-order valence-corrected chi connectivity index (χ0v) is 41.3. The van der Waals surface area contributed by atoms with Crippen molar-refractivity contribution in [3.05, 3.63) is 69.5 Å². The van der Waals surface area contributed by atoms with Crippen LogP contribution in [0, 0.1) is 28.1 Å². The lowest BCUT2D eigenvalue weighted by atomic mass is 9.81. The van der Waals surface area contributed by atoms with Gasteiger partial charge in [0.15, 0.2) is 0 Å². The lowest BCUT2D eigenvalue weighted by molar-refractivity contribution is -0.142. The summed E-state index contributed by atoms with van der Waals surface area (Å²) in [5.74, 6) is 5.14. The van der Waals surface area contributed by atoms with Crippen molar-refractivity contribution in [2.24, 2.45) is 16.5 Å². The maximum Gasteiger partial charge on any atom is 0.298 e. The lowest BCUT2D eigenvalue weighted by Crippen LogP contribution is -2.58. The fraction of sp³-hybridized carbons (Fsp3) is 0.558. The Kier molecular flexibility index (Phi) is 18.7. The van der Waals surface area contributed by atoms with Gasteiger partial charge in [0.05, 0.1) is 18.8 Å². The van der Waals surface area contributed by atoms with Gasteiger partial charge in [-0.05, 0) is 141 Å². The molecule has 0 bridgehead atoms. The van der Waals surface area contributed by atoms with Crippen LogP contribution in [0.5, 0.6) is 0 Å². The number of thiophene rings is 1. The minimum absolute atomic E-state index is 0.0227. The summed E-state index contributed by atoms with van der Waals surface area (Å²) in [6, 6.07) is 11.2. The van der Waals surface area contributed by atoms with E-state index < -0.39 is 12.1 Å². The highest BCUT2D eigenvalue weighted by atomic mass is 32.1. The molecule has 3 aromatic heterocycles. The van der Waals surface area contributed by atoms with Gasteiger partial charge in [-0.15, -0.1) is 11.3 Å². The van der Waals surface area contributed by atoms with E-state index in [9.17, 15) is 24.1 Å². The Balaban J connectivity index is 0.000000388. The monoisotopic (exact) mass is 934 g/mol. The number of hydrogen-bond donors (Lipinski definition) is 2. The molecule has 3 fully saturated rings. The van der Waals surface area contributed by atoms with Gasteiger partial charge in [-0.3, -0.25) is 34.1 Å². The number of aromatic nitrogens is 2. The van der Waals surface area contributed by atoms with E-state index in [1.54, 1.807) is 29.6 Å². The average molecular weight is 934 g/mol. The highest BCUT2D eigenvalue weighted by Gasteiger charge is 2.33. The van der Waals surface area contributed by atoms with Crippen LogP contribution in [0.4, 0.5) is 0 Å². The van der Waals surface area contributed by atoms with Crippen LogP contribution in [0.15, 0.2) is 59.3 Å². The molecule has 2 atom stereocenters. The van der Waals surface area contributed by atoms with Gasteiger partial charge < -0.3 is 19.7 Å². The number of likely N-dealkylation sites (tertiary alicyclic amines) is 2. The van der Waals surface area contributed by atoms with Gasteiger partial charge in [-0.2, -0.15) is 4.91 Å². The predicted molar refractivity (Wildman–Crippen MR) is 268 cm³/mol. The molecule has 67 heavy (non-hydrogen) atoms. The van der Waals surface area contributed by atoms with Crippen LogP contribution in [-0.2, 0) is 38.6 Å². The molecule has 0 saturated carbocycles. The number of fused-ring (bicyclic) bond motifs is 1. The van der Waals surface area contributed by atoms with Crippen LogP contribution in [0.1, 0.15) is 96.4 Å². The summed E-state index contributed by atoms with van der Waals surface area (Å²) in [5.41, 5.74) is 9.67. The van der Waals surface area contributed by atoms with Crippen molar-refractivity contribution in [3.63, 3.8) is 0 Å². The molecule has 7 rings (SSSR count). The molecule has 0 radical (unpaired) electrons. The quantitative estimate of drug-likeness (QED) is 0.0626. The molecule has 2 unspecified atom stereocenters. The van der Waals surface area contributed by atoms with E-state index in [4.69, 9.17) is 0 Å². The molecule has 360 valence electrons. The summed E-state index contributed by atoms with van der Waals surface area (Å²) in [6.07, 6.45) is 14.2. The molecule has 6 heterocycles. The molecule has 3 aliphatic rings. The first-order valence-electron chi connectivity index (χ1n) is 24.3. The number of carbonyl (C=O) groups excluding carboxylic acids is 4. The third-order valence-electron chi connectivity index (χ3n) is 13.2. The molecule has 0 aliphatic carbocycles. The molecule has 3 aliphatic heterocycles. The van der Waals surface area contributed by atoms with Gasteiger partial charge >= 0.3 is 0 Å². The Labute approximate surface area is 401 Å². The SMILES string of the molecule is CCn1c(-c2cccnc2)c(CC(C)(C)CCN=O)c2cc(-c3csc(CC(NC(=O)C(C(C)C)N(C)C=O)C(=O)N4CCCCN4)c3)ccc21.O=C(C#CCN1CCCCC1)N1CCCC1. The highest BCUT2D eigenvalue weighted by Crippen LogP contribution is 2.41. The lowest BCUT2D eigenvalue weighted by Gasteiger charge is -2.33. The number of pyridine rings is 1. The van der Waals surface area contributed by atoms with E-state index in [0.717, 1.165) is 110 Å². The number of nitroso groups, excluding NO2 is 1. The minimum atomic E-state index is -0.798. The molecule has 1 aromatic carbocycles. The number of hydrazine groups is 1. The van der Waals surface area contributed by atoms with Gasteiger partial charge in [0.2, 0.25) is 12.3 Å². The maximum atomic E-state index is 13.8. The van der Waals surface area contributed by atoms with Crippen molar-refractivity contribution < 1.29 is 19.2 Å². The molecule has 0 spiro atoms. The zero-order valence-electron chi connectivity index (χ0n) is 40.5. The van der Waals surface area contributed by atoms with Crippen LogP contribution in [0.25, 0.3) is 33.3 Å². The molecule has 4 aromatic rings. The summed E-state index contributed by atoms with van der Waals surface area (Å²) < 4.78 is 2.35. The molecular weight excluding hydrogens is 863 g/mol. The summed E-state index contributed by atoms with van der Waals surface area (Å²) in [5, 5.41) is 11.0. The smallest absolute Gasteiger partial charge is 0.298 e. The second-order valence-corrected chi connectivity index (χ2v) is 20.3. The van der Waals surface area contributed by atoms with Crippen LogP contribution in [-0.4, -0.2) is 125 Å². The van der Waals surface area contributed by atoms with Gasteiger partial charge in [-0.25, -0.2) is 5.43 Å². The Hall–Kier alpha value is -5.43. The molecule has 14 nitrogen and oxygen atoms in total. The largest absolute Gasteiger partial charge is 0.342 e. The van der Waals surface area contributed by atoms with E-state index in [1.807, 2.05) is 31.0 Å². The highest BCUT2D eigenvalue weighted by molar-refractivity contribution is 7.10. The zero-order chi connectivity index (χ0) is 47.9. The van der Waals surface area contributed by atoms with E-state index in [2.05, 4.69) is 98.7 Å². The fourth-order valence-corrected chi connectivity index (χ4v) is 10.5. The second-order valence-electron chi connectivity index (χ2n) is 19.3. The number of hydrogen-bond acceptors (Lipinski definition) is 10. The van der Waals surface area contributed by atoms with Crippen molar-refractivity contribution in [3.8, 4) is 34.2 Å². The Morgan fingerprint density at radius 3 is 2.39 bits per heavy atom. The summed E-state index contributed by atoms with van der Waals surface area (Å²) in [4.78, 5) is 72.7. The van der Waals surface area contributed by atoms with Crippen molar-refractivity contribution in [2.45, 2.75) is 117 Å². The molecule has 3 saturated heterocycles. The number of nitrogens with zero attached hydrogens (tertiary/aromatic N) is 7. The van der Waals surface area contributed by atoms with E-state index in [-0.39, 0.29) is 35.6 Å². The number of likely N-dealkylation sites (N-methyl/N-ethyl adjacent to an activating group) is 1. The predicted octanol–water partition coefficient (Wildman–Crippen LogP) is 7.54. The molecule has 15 heteroatoms. The van der Waals surface area contributed by atoms with Crippen LogP contribution in [0.2, 0.25) is 0 Å². The Morgan fingerprint density at radius 2 is 1.73 bits per heavy atom. The number of piperidine rings is 1. The van der Waals surface area contributed by atoms with Gasteiger partial charge in [-0.1, -0.05) is 51.3 Å². The topological polar surface area (TPSA) is 153 Å². The summed E-state index contributed by atoms with van der Waals surface area (Å²) in [6.45, 7) is 17.5. The fourth-order valence-electron chi connectivity index (χ4n) is 9.59. The van der Waals surface area contributed by atoms with E-state index >= 15 is 0 Å². The summed E-state index contributed by atoms with van der Waals surface area (Å²) >= 11 is 1.57. The van der Waals surface area contributed by atoms with Crippen molar-refractivity contribution in [1.82, 2.24) is 40.0 Å². The van der Waals surface area contributed by atoms with Crippen LogP contribution in [0.3, 0.4) is 0 Å². The van der Waals surface area contributed by atoms with E-state index in [0.29, 0.717) is 32.3 Å². The standard InChI is InChI=1S/C39H51N7O4S.C13H20N2O/c1-7-45-34-13-12-27(20-31(34)32(22-39(4,5)14-17-42-50)36(45)28-11-10-15-40-23-28)29-19-30(51-24-29)21-33(38(49)46-18-9-8-16-41-46)43-37(48)35(26(2)3)44(6)25-47;16-13(15-11-4-5-12-15)7-6-10-14-8-2-1-3-9-14/h10-13,15,19-20,23-26,33,35,41H,7-9,14,16-18,21-22H2,1-6H3,(H,43,48);1-5,8-12H2. The molecule has 4 amide bonds. The third kappa shape index (κ3) is 13.6. The van der Waals surface area contributed by atoms with Crippen LogP contribution < -0.4 is 10.7 Å². The first-order valence-corrected chi connectivity index (χ1v) is 25.2. The van der Waals surface area contributed by atoms with Gasteiger partial charge in [0, 0.05) is 79.9 Å². The van der Waals surface area contributed by atoms with Gasteiger partial charge in [0.25, 0.3) is 11.8 Å². The molecule has 2 N–H and O–H groups in total. The molecular formula is C52H71N9O5S. The Morgan fingerprint density at radius 1 is 0.985 bits per heavy atom. The van der Waals surface area contributed by atoms with Gasteiger partial charge in [0.1, 0.15) is 12.1 Å². The van der Waals surface area contributed by atoms with Crippen molar-refractivity contribution >= 4 is 46.4 Å². The normalized spacial score (nSPS) is 16.4. The van der Waals surface area contributed by atoms with Crippen molar-refractivity contribution in [2.75, 3.05) is 59.4 Å². The van der Waals surface area contributed by atoms with E-state index in [1.165, 1.54) is 29.7 Å². The number of rotatable bonds is 17.